The standard InChI is InChI=1S/C35H30Cl2FN3O6/c1-3-40-31(43)23-13-12-22-24(28(23)33(40)45)16-25-32(44)41(39-21-10-8-20(38)9-11-21)34(46)35(25,18-4-6-19(36)7-5-18)29(22)17-14-26(37)30(42)27(15-17)47-2/h4-12,14-15,23-25,28-29,39,42H,3,13,16H2,1-2H3. The minimum absolute atomic E-state index is 0.0269. The maximum atomic E-state index is 15.1. The molecular formula is C35H30Cl2FN3O6. The van der Waals surface area contributed by atoms with Crippen molar-refractivity contribution >= 4 is 52.5 Å². The van der Waals surface area contributed by atoms with Gasteiger partial charge in [0.1, 0.15) is 5.82 Å². The fourth-order valence-electron chi connectivity index (χ4n) is 8.32. The highest BCUT2D eigenvalue weighted by Gasteiger charge is 2.70. The molecule has 2 aliphatic carbocycles. The Kier molecular flexibility index (Phi) is 7.56. The van der Waals surface area contributed by atoms with Gasteiger partial charge in [-0.15, -0.1) is 0 Å². The van der Waals surface area contributed by atoms with Gasteiger partial charge in [-0.2, -0.15) is 5.01 Å². The maximum Gasteiger partial charge on any atom is 0.260 e. The Labute approximate surface area is 279 Å². The van der Waals surface area contributed by atoms with Gasteiger partial charge < -0.3 is 9.84 Å². The van der Waals surface area contributed by atoms with Gasteiger partial charge in [0.15, 0.2) is 11.5 Å². The van der Waals surface area contributed by atoms with Crippen molar-refractivity contribution in [2.75, 3.05) is 19.1 Å². The minimum atomic E-state index is -1.58. The smallest absolute Gasteiger partial charge is 0.260 e. The molecule has 2 aliphatic heterocycles. The van der Waals surface area contributed by atoms with Crippen LogP contribution in [0.2, 0.25) is 10.0 Å². The van der Waals surface area contributed by atoms with Crippen LogP contribution in [0.5, 0.6) is 11.5 Å². The molecule has 6 unspecified atom stereocenters. The largest absolute Gasteiger partial charge is 0.503 e. The fourth-order valence-corrected chi connectivity index (χ4v) is 8.67. The molecular weight excluding hydrogens is 648 g/mol. The van der Waals surface area contributed by atoms with Crippen molar-refractivity contribution in [1.82, 2.24) is 9.91 Å². The first-order chi connectivity index (χ1) is 22.5. The van der Waals surface area contributed by atoms with Crippen LogP contribution >= 0.6 is 23.2 Å². The summed E-state index contributed by atoms with van der Waals surface area (Å²) in [6, 6.07) is 15.1. The lowest BCUT2D eigenvalue weighted by molar-refractivity contribution is -0.141. The molecule has 2 saturated heterocycles. The van der Waals surface area contributed by atoms with Crippen LogP contribution in [0.15, 0.2) is 72.3 Å². The highest BCUT2D eigenvalue weighted by Crippen LogP contribution is 2.64. The molecule has 47 heavy (non-hydrogen) atoms. The highest BCUT2D eigenvalue weighted by atomic mass is 35.5. The molecule has 4 amide bonds. The van der Waals surface area contributed by atoms with Crippen molar-refractivity contribution in [2.45, 2.75) is 31.1 Å². The number of nitrogens with one attached hydrogen (secondary N) is 1. The molecule has 12 heteroatoms. The number of fused-ring (bicyclic) bond motifs is 4. The van der Waals surface area contributed by atoms with E-state index in [2.05, 4.69) is 5.43 Å². The second-order valence-corrected chi connectivity index (χ2v) is 13.2. The Morgan fingerprint density at radius 2 is 1.68 bits per heavy atom. The van der Waals surface area contributed by atoms with Gasteiger partial charge in [-0.1, -0.05) is 47.0 Å². The van der Waals surface area contributed by atoms with Crippen LogP contribution in [0.1, 0.15) is 36.8 Å². The number of rotatable bonds is 6. The van der Waals surface area contributed by atoms with Gasteiger partial charge >= 0.3 is 0 Å². The van der Waals surface area contributed by atoms with Crippen molar-refractivity contribution in [3.05, 3.63) is 99.3 Å². The van der Waals surface area contributed by atoms with E-state index < -0.39 is 52.6 Å². The number of phenolic OH excluding ortho intramolecular Hbond substituents is 1. The lowest BCUT2D eigenvalue weighted by Gasteiger charge is -2.50. The van der Waals surface area contributed by atoms with E-state index in [9.17, 15) is 23.9 Å². The van der Waals surface area contributed by atoms with Crippen LogP contribution in [0, 0.1) is 29.5 Å². The molecule has 7 rings (SSSR count). The van der Waals surface area contributed by atoms with Crippen LogP contribution in [-0.4, -0.2) is 52.3 Å². The number of carbonyl (C=O) groups is 4. The van der Waals surface area contributed by atoms with Crippen molar-refractivity contribution in [1.29, 1.82) is 0 Å². The summed E-state index contributed by atoms with van der Waals surface area (Å²) in [7, 11) is 1.38. The van der Waals surface area contributed by atoms with Crippen LogP contribution in [0.25, 0.3) is 0 Å². The van der Waals surface area contributed by atoms with E-state index in [4.69, 9.17) is 27.9 Å². The summed E-state index contributed by atoms with van der Waals surface area (Å²) in [5, 5.41) is 12.0. The Bertz CT molecular complexity index is 1870. The fraction of sp³-hybridized carbons (Fsp3) is 0.314. The zero-order chi connectivity index (χ0) is 33.4. The van der Waals surface area contributed by atoms with Crippen molar-refractivity contribution in [2.24, 2.45) is 23.7 Å². The van der Waals surface area contributed by atoms with Gasteiger partial charge in [0.2, 0.25) is 11.8 Å². The summed E-state index contributed by atoms with van der Waals surface area (Å²) in [5.74, 6) is -6.11. The number of halogens is 3. The molecule has 0 bridgehead atoms. The molecule has 0 radical (unpaired) electrons. The second-order valence-electron chi connectivity index (χ2n) is 12.3. The SMILES string of the molecule is CCN1C(=O)C2CC=C3C(CC4C(=O)N(Nc5ccc(F)cc5)C(=O)C4(c4ccc(Cl)cc4)C3c3cc(Cl)c(O)c(OC)c3)C2C1=O. The van der Waals surface area contributed by atoms with E-state index in [1.807, 2.05) is 6.08 Å². The van der Waals surface area contributed by atoms with Gasteiger partial charge in [-0.25, -0.2) is 4.39 Å². The molecule has 1 saturated carbocycles. The predicted molar refractivity (Wildman–Crippen MR) is 171 cm³/mol. The van der Waals surface area contributed by atoms with E-state index >= 15 is 4.79 Å². The number of ether oxygens (including phenoxy) is 1. The number of benzene rings is 3. The molecule has 4 aliphatic rings. The number of anilines is 1. The highest BCUT2D eigenvalue weighted by molar-refractivity contribution is 6.32. The molecule has 9 nitrogen and oxygen atoms in total. The lowest BCUT2D eigenvalue weighted by Crippen LogP contribution is -2.53. The van der Waals surface area contributed by atoms with Gasteiger partial charge in [0.25, 0.3) is 11.8 Å². The Morgan fingerprint density at radius 3 is 2.34 bits per heavy atom. The normalized spacial score (nSPS) is 28.2. The van der Waals surface area contributed by atoms with Crippen LogP contribution in [0.4, 0.5) is 10.1 Å². The number of phenols is 1. The van der Waals surface area contributed by atoms with Gasteiger partial charge in [0.05, 0.1) is 41.0 Å². The number of allylic oxidation sites excluding steroid dienone is 2. The number of carbonyl (C=O) groups excluding carboxylic acids is 4. The van der Waals surface area contributed by atoms with Crippen molar-refractivity contribution in [3.8, 4) is 11.5 Å². The van der Waals surface area contributed by atoms with Gasteiger partial charge in [0, 0.05) is 17.5 Å². The average molecular weight is 679 g/mol. The third kappa shape index (κ3) is 4.48. The number of likely N-dealkylation sites (tertiary alicyclic amines) is 1. The topological polar surface area (TPSA) is 116 Å². The maximum absolute atomic E-state index is 15.1. The summed E-state index contributed by atoms with van der Waals surface area (Å²) in [4.78, 5) is 58.1. The summed E-state index contributed by atoms with van der Waals surface area (Å²) < 4.78 is 19.2. The second kappa shape index (κ2) is 11.4. The molecule has 0 spiro atoms. The minimum Gasteiger partial charge on any atom is -0.503 e. The number of aromatic hydroxyl groups is 1. The van der Waals surface area contributed by atoms with Crippen LogP contribution in [-0.2, 0) is 24.6 Å². The third-order valence-corrected chi connectivity index (χ3v) is 10.8. The molecule has 2 heterocycles. The first kappa shape index (κ1) is 31.2. The zero-order valence-electron chi connectivity index (χ0n) is 25.4. The van der Waals surface area contributed by atoms with Crippen molar-refractivity contribution < 1.29 is 33.4 Å². The summed E-state index contributed by atoms with van der Waals surface area (Å²) in [6.45, 7) is 1.98. The summed E-state index contributed by atoms with van der Waals surface area (Å²) >= 11 is 12.9. The van der Waals surface area contributed by atoms with Gasteiger partial charge in [-0.3, -0.25) is 29.5 Å². The Morgan fingerprint density at radius 1 is 0.979 bits per heavy atom. The monoisotopic (exact) mass is 677 g/mol. The predicted octanol–water partition coefficient (Wildman–Crippen LogP) is 5.85. The van der Waals surface area contributed by atoms with E-state index in [1.165, 1.54) is 36.3 Å². The number of hydrazine groups is 1. The number of hydrogen-bond acceptors (Lipinski definition) is 7. The van der Waals surface area contributed by atoms with E-state index in [0.717, 1.165) is 10.6 Å². The van der Waals surface area contributed by atoms with E-state index in [1.54, 1.807) is 43.3 Å². The summed E-state index contributed by atoms with van der Waals surface area (Å²) in [6.07, 6.45) is 2.31. The van der Waals surface area contributed by atoms with E-state index in [0.29, 0.717) is 21.8 Å². The number of hydrogen-bond donors (Lipinski definition) is 2. The number of amides is 4. The molecule has 242 valence electrons. The zero-order valence-corrected chi connectivity index (χ0v) is 26.9. The number of methoxy groups -OCH3 is 1. The van der Waals surface area contributed by atoms with Gasteiger partial charge in [-0.05, 0) is 85.3 Å². The summed E-state index contributed by atoms with van der Waals surface area (Å²) in [5.41, 5.74) is 3.36. The molecule has 3 aromatic rings. The Hall–Kier alpha value is -4.41. The Balaban J connectivity index is 1.49. The van der Waals surface area contributed by atoms with E-state index in [-0.39, 0.29) is 47.7 Å². The number of imide groups is 2. The molecule has 6 atom stereocenters. The first-order valence-electron chi connectivity index (χ1n) is 15.3. The molecule has 3 aromatic carbocycles. The average Bonchev–Trinajstić information content (AvgIpc) is 3.44. The van der Waals surface area contributed by atoms with Crippen LogP contribution < -0.4 is 10.2 Å². The quantitative estimate of drug-likeness (QED) is 0.248. The van der Waals surface area contributed by atoms with Crippen molar-refractivity contribution in [3.63, 3.8) is 0 Å². The molecule has 0 aromatic heterocycles. The first-order valence-corrected chi connectivity index (χ1v) is 16.1. The third-order valence-electron chi connectivity index (χ3n) is 10.3. The van der Waals surface area contributed by atoms with Crippen LogP contribution in [0.3, 0.4) is 0 Å². The molecule has 3 fully saturated rings. The number of nitrogens with zero attached hydrogens (tertiary/aromatic N) is 2. The lowest BCUT2D eigenvalue weighted by atomic mass is 9.49. The molecule has 2 N–H and O–H groups in total.